The maximum absolute atomic E-state index is 12.8. The molecule has 0 aromatic carbocycles. The summed E-state index contributed by atoms with van der Waals surface area (Å²) >= 11 is 0. The Morgan fingerprint density at radius 1 is 0.425 bits per heavy atom. The lowest BCUT2D eigenvalue weighted by molar-refractivity contribution is -0.870. The summed E-state index contributed by atoms with van der Waals surface area (Å²) in [5.41, 5.74) is 0. The van der Waals surface area contributed by atoms with E-state index in [1.807, 2.05) is 21.1 Å². The molecule has 414 valence electrons. The first-order valence-corrected chi connectivity index (χ1v) is 28.7. The number of aliphatic carboxylic acids is 1. The van der Waals surface area contributed by atoms with Gasteiger partial charge in [0.2, 0.25) is 0 Å². The number of carboxylic acids is 1. The summed E-state index contributed by atoms with van der Waals surface area (Å²) in [6.07, 6.45) is 72.8. The fraction of sp³-hybridized carbons (Fsp3) is 0.641. The Balaban J connectivity index is 4.39. The van der Waals surface area contributed by atoms with Gasteiger partial charge in [0.05, 0.1) is 34.4 Å². The van der Waals surface area contributed by atoms with Crippen LogP contribution in [0, 0.1) is 0 Å². The van der Waals surface area contributed by atoms with E-state index in [1.165, 1.54) is 77.0 Å². The molecule has 0 radical (unpaired) electrons. The van der Waals surface area contributed by atoms with Crippen LogP contribution >= 0.6 is 0 Å². The molecule has 0 aromatic heterocycles. The van der Waals surface area contributed by atoms with Crippen molar-refractivity contribution in [3.05, 3.63) is 122 Å². The standard InChI is InChI=1S/C64H105NO8/c1-6-8-10-12-14-16-18-20-22-24-26-28-30-31-33-34-36-38-40-42-44-46-48-50-52-54-61(66)71-58-60(59-72-64(63(68)69)70-57-56-65(3,4)5)73-62(67)55-53-51-49-47-45-43-41-39-37-35-32-29-27-25-23-21-19-17-15-13-11-9-7-2/h9,11,15,17-18,20-21,23-24,26-27,29-31,35,37,41,43,47,49,60,64H,6-8,10,12-14,16,19,22,25,28,32-34,36,38-40,42,44-46,48,50-59H2,1-5H3/p+1/b11-9-,17-15-,20-18-,23-21-,26-24-,29-27-,31-30-,37-35-,43-41-,49-47-. The number of carbonyl (C=O) groups excluding carboxylic acids is 2. The summed E-state index contributed by atoms with van der Waals surface area (Å²) in [6.45, 7) is 4.66. The molecule has 9 heteroatoms. The van der Waals surface area contributed by atoms with Crippen molar-refractivity contribution in [3.63, 3.8) is 0 Å². The van der Waals surface area contributed by atoms with Gasteiger partial charge in [0, 0.05) is 12.8 Å². The first-order chi connectivity index (χ1) is 35.6. The van der Waals surface area contributed by atoms with Gasteiger partial charge in [-0.05, 0) is 103 Å². The van der Waals surface area contributed by atoms with Gasteiger partial charge in [-0.15, -0.1) is 0 Å². The molecule has 0 saturated heterocycles. The maximum Gasteiger partial charge on any atom is 0.361 e. The normalized spacial score (nSPS) is 13.7. The zero-order chi connectivity index (χ0) is 53.4. The van der Waals surface area contributed by atoms with Crippen molar-refractivity contribution in [1.29, 1.82) is 0 Å². The van der Waals surface area contributed by atoms with Crippen molar-refractivity contribution in [1.82, 2.24) is 0 Å². The molecule has 0 aliphatic carbocycles. The number of carboxylic acid groups (broad SMARTS) is 1. The van der Waals surface area contributed by atoms with Crippen molar-refractivity contribution in [2.45, 2.75) is 219 Å². The number of ether oxygens (including phenoxy) is 4. The zero-order valence-electron chi connectivity index (χ0n) is 47.0. The second kappa shape index (κ2) is 54.0. The Morgan fingerprint density at radius 2 is 0.795 bits per heavy atom. The Morgan fingerprint density at radius 3 is 1.21 bits per heavy atom. The van der Waals surface area contributed by atoms with Crippen molar-refractivity contribution >= 4 is 17.9 Å². The molecule has 0 aromatic rings. The van der Waals surface area contributed by atoms with E-state index in [4.69, 9.17) is 18.9 Å². The minimum Gasteiger partial charge on any atom is -0.477 e. The summed E-state index contributed by atoms with van der Waals surface area (Å²) in [5, 5.41) is 9.70. The van der Waals surface area contributed by atoms with Gasteiger partial charge in [0.15, 0.2) is 6.10 Å². The molecule has 0 spiro atoms. The zero-order valence-corrected chi connectivity index (χ0v) is 47.0. The number of quaternary nitrogens is 1. The second-order valence-corrected chi connectivity index (χ2v) is 19.9. The van der Waals surface area contributed by atoms with Crippen LogP contribution in [0.4, 0.5) is 0 Å². The lowest BCUT2D eigenvalue weighted by Gasteiger charge is -2.25. The van der Waals surface area contributed by atoms with Gasteiger partial charge in [-0.3, -0.25) is 9.59 Å². The van der Waals surface area contributed by atoms with E-state index in [9.17, 15) is 19.5 Å². The van der Waals surface area contributed by atoms with Gasteiger partial charge in [-0.1, -0.05) is 212 Å². The summed E-state index contributed by atoms with van der Waals surface area (Å²) < 4.78 is 22.8. The highest BCUT2D eigenvalue weighted by Gasteiger charge is 2.25. The van der Waals surface area contributed by atoms with Crippen LogP contribution in [0.25, 0.3) is 0 Å². The molecule has 0 aliphatic heterocycles. The maximum atomic E-state index is 12.8. The lowest BCUT2D eigenvalue weighted by Crippen LogP contribution is -2.40. The third-order valence-corrected chi connectivity index (χ3v) is 11.7. The topological polar surface area (TPSA) is 108 Å². The molecule has 0 saturated carbocycles. The smallest absolute Gasteiger partial charge is 0.361 e. The van der Waals surface area contributed by atoms with E-state index < -0.39 is 24.3 Å². The molecule has 0 aliphatic rings. The molecular formula is C64H106NO8+. The first kappa shape index (κ1) is 68.7. The summed E-state index contributed by atoms with van der Waals surface area (Å²) in [4.78, 5) is 37.4. The SMILES string of the molecule is CC/C=C\C/C=C\C/C=C\C/C=C\C/C=C\C/C=C\C/C=C\CCCC(=O)OC(COC(=O)CCCCCCCCCCCC/C=C\C/C=C\C/C=C\CCCCCCC)COC(OCC[N+](C)(C)C)C(=O)O. The van der Waals surface area contributed by atoms with Gasteiger partial charge in [-0.2, -0.15) is 0 Å². The molecule has 0 amide bonds. The van der Waals surface area contributed by atoms with Crippen molar-refractivity contribution in [3.8, 4) is 0 Å². The molecule has 9 nitrogen and oxygen atoms in total. The highest BCUT2D eigenvalue weighted by atomic mass is 16.7. The van der Waals surface area contributed by atoms with Gasteiger partial charge in [0.25, 0.3) is 6.29 Å². The van der Waals surface area contributed by atoms with Crippen LogP contribution in [-0.4, -0.2) is 87.4 Å². The number of rotatable bonds is 51. The predicted octanol–water partition coefficient (Wildman–Crippen LogP) is 16.9. The molecule has 2 unspecified atom stereocenters. The van der Waals surface area contributed by atoms with Crippen LogP contribution in [0.2, 0.25) is 0 Å². The van der Waals surface area contributed by atoms with Crippen LogP contribution in [0.3, 0.4) is 0 Å². The number of hydrogen-bond donors (Lipinski definition) is 1. The fourth-order valence-electron chi connectivity index (χ4n) is 7.30. The van der Waals surface area contributed by atoms with E-state index in [0.717, 1.165) is 89.9 Å². The average Bonchev–Trinajstić information content (AvgIpc) is 3.36. The number of carbonyl (C=O) groups is 3. The third-order valence-electron chi connectivity index (χ3n) is 11.7. The number of allylic oxidation sites excluding steroid dienone is 20. The summed E-state index contributed by atoms with van der Waals surface area (Å²) in [6, 6.07) is 0. The minimum atomic E-state index is -1.53. The van der Waals surface area contributed by atoms with Crippen molar-refractivity contribution < 1.29 is 42.9 Å². The number of nitrogens with zero attached hydrogens (tertiary/aromatic N) is 1. The summed E-state index contributed by atoms with van der Waals surface area (Å²) in [5.74, 6) is -2.11. The molecule has 2 atom stereocenters. The first-order valence-electron chi connectivity index (χ1n) is 28.7. The molecule has 0 heterocycles. The average molecular weight is 1020 g/mol. The van der Waals surface area contributed by atoms with Gasteiger partial charge >= 0.3 is 17.9 Å². The van der Waals surface area contributed by atoms with Gasteiger partial charge in [0.1, 0.15) is 13.2 Å². The van der Waals surface area contributed by atoms with Crippen LogP contribution in [0.1, 0.15) is 206 Å². The quantitative estimate of drug-likeness (QED) is 0.0211. The van der Waals surface area contributed by atoms with Crippen molar-refractivity contribution in [2.75, 3.05) is 47.5 Å². The molecule has 1 N–H and O–H groups in total. The van der Waals surface area contributed by atoms with E-state index >= 15 is 0 Å². The molecule has 0 fully saturated rings. The van der Waals surface area contributed by atoms with Crippen LogP contribution in [-0.2, 0) is 33.3 Å². The minimum absolute atomic E-state index is 0.169. The van der Waals surface area contributed by atoms with E-state index in [1.54, 1.807) is 0 Å². The van der Waals surface area contributed by atoms with Crippen LogP contribution in [0.5, 0.6) is 0 Å². The summed E-state index contributed by atoms with van der Waals surface area (Å²) in [7, 11) is 5.94. The van der Waals surface area contributed by atoms with E-state index in [0.29, 0.717) is 23.9 Å². The Bertz CT molecular complexity index is 1610. The van der Waals surface area contributed by atoms with Crippen molar-refractivity contribution in [2.24, 2.45) is 0 Å². The third kappa shape index (κ3) is 55.3. The van der Waals surface area contributed by atoms with E-state index in [-0.39, 0.29) is 38.6 Å². The largest absolute Gasteiger partial charge is 0.477 e. The molecule has 73 heavy (non-hydrogen) atoms. The van der Waals surface area contributed by atoms with Gasteiger partial charge in [-0.25, -0.2) is 4.79 Å². The van der Waals surface area contributed by atoms with Gasteiger partial charge < -0.3 is 28.5 Å². The highest BCUT2D eigenvalue weighted by Crippen LogP contribution is 2.14. The predicted molar refractivity (Wildman–Crippen MR) is 308 cm³/mol. The second-order valence-electron chi connectivity index (χ2n) is 19.9. The monoisotopic (exact) mass is 1020 g/mol. The number of hydrogen-bond acceptors (Lipinski definition) is 7. The van der Waals surface area contributed by atoms with Crippen LogP contribution < -0.4 is 0 Å². The number of esters is 2. The molecule has 0 rings (SSSR count). The van der Waals surface area contributed by atoms with Crippen LogP contribution in [0.15, 0.2) is 122 Å². The lowest BCUT2D eigenvalue weighted by atomic mass is 10.1. The number of likely N-dealkylation sites (N-methyl/N-ethyl adjacent to an activating group) is 1. The fourth-order valence-corrected chi connectivity index (χ4v) is 7.30. The Kier molecular flexibility index (Phi) is 50.8. The molecular weight excluding hydrogens is 911 g/mol. The van der Waals surface area contributed by atoms with E-state index in [2.05, 4.69) is 135 Å². The molecule has 0 bridgehead atoms. The number of unbranched alkanes of at least 4 members (excludes halogenated alkanes) is 16. The Hall–Kier alpha value is -4.31. The highest BCUT2D eigenvalue weighted by molar-refractivity contribution is 5.71. The Labute approximate surface area is 447 Å².